The van der Waals surface area contributed by atoms with Crippen molar-refractivity contribution >= 4 is 0 Å². The van der Waals surface area contributed by atoms with Crippen LogP contribution >= 0.6 is 0 Å². The van der Waals surface area contributed by atoms with E-state index in [9.17, 15) is 0 Å². The first-order valence-electron chi connectivity index (χ1n) is 9.45. The second kappa shape index (κ2) is 7.04. The summed E-state index contributed by atoms with van der Waals surface area (Å²) in [4.78, 5) is 7.15. The van der Waals surface area contributed by atoms with E-state index in [0.717, 1.165) is 42.4 Å². The largest absolute Gasteiger partial charge is 0.486 e. The molecule has 1 aromatic carbocycles. The zero-order chi connectivity index (χ0) is 18.1. The summed E-state index contributed by atoms with van der Waals surface area (Å²) in [5.41, 5.74) is 3.36. The molecule has 0 saturated carbocycles. The fraction of sp³-hybridized carbons (Fsp3) is 0.333. The van der Waals surface area contributed by atoms with Gasteiger partial charge < -0.3 is 9.47 Å². The van der Waals surface area contributed by atoms with Gasteiger partial charge in [-0.3, -0.25) is 9.88 Å². The first-order valence-corrected chi connectivity index (χ1v) is 9.45. The molecule has 1 unspecified atom stereocenters. The van der Waals surface area contributed by atoms with Gasteiger partial charge in [-0.25, -0.2) is 4.68 Å². The van der Waals surface area contributed by atoms with Gasteiger partial charge >= 0.3 is 0 Å². The van der Waals surface area contributed by atoms with Gasteiger partial charge in [0.25, 0.3) is 0 Å². The first-order chi connectivity index (χ1) is 13.4. The number of benzene rings is 1. The van der Waals surface area contributed by atoms with Crippen molar-refractivity contribution in [2.45, 2.75) is 25.4 Å². The molecule has 0 spiro atoms. The second-order valence-corrected chi connectivity index (χ2v) is 6.99. The molecule has 6 heteroatoms. The molecule has 6 nitrogen and oxygen atoms in total. The van der Waals surface area contributed by atoms with Crippen molar-refractivity contribution in [1.82, 2.24) is 19.7 Å². The first kappa shape index (κ1) is 16.3. The molecule has 1 fully saturated rings. The Balaban J connectivity index is 1.33. The Hall–Kier alpha value is -2.86. The summed E-state index contributed by atoms with van der Waals surface area (Å²) in [6, 6.07) is 12.8. The number of likely N-dealkylation sites (tertiary alicyclic amines) is 1. The molecular weight excluding hydrogens is 340 g/mol. The van der Waals surface area contributed by atoms with Crippen molar-refractivity contribution in [2.75, 3.05) is 19.8 Å². The Morgan fingerprint density at radius 1 is 1.07 bits per heavy atom. The highest BCUT2D eigenvalue weighted by atomic mass is 16.6. The summed E-state index contributed by atoms with van der Waals surface area (Å²) >= 11 is 0. The minimum absolute atomic E-state index is 0.397. The fourth-order valence-corrected chi connectivity index (χ4v) is 3.94. The zero-order valence-corrected chi connectivity index (χ0v) is 15.1. The van der Waals surface area contributed by atoms with Crippen LogP contribution in [-0.2, 0) is 6.54 Å². The summed E-state index contributed by atoms with van der Waals surface area (Å²) in [7, 11) is 0. The molecule has 0 aliphatic carbocycles. The van der Waals surface area contributed by atoms with Crippen molar-refractivity contribution < 1.29 is 9.47 Å². The number of aromatic nitrogens is 3. The third kappa shape index (κ3) is 3.28. The van der Waals surface area contributed by atoms with Gasteiger partial charge in [-0.15, -0.1) is 0 Å². The topological polar surface area (TPSA) is 52.4 Å². The van der Waals surface area contributed by atoms with Gasteiger partial charge in [0.05, 0.1) is 17.6 Å². The molecule has 0 bridgehead atoms. The molecule has 2 aliphatic rings. The molecular formula is C21H22N4O2. The highest BCUT2D eigenvalue weighted by molar-refractivity contribution is 5.45. The number of rotatable bonds is 4. The molecule has 2 aliphatic heterocycles. The fourth-order valence-electron chi connectivity index (χ4n) is 3.94. The zero-order valence-electron chi connectivity index (χ0n) is 15.1. The van der Waals surface area contributed by atoms with Crippen LogP contribution in [-0.4, -0.2) is 39.4 Å². The van der Waals surface area contributed by atoms with Crippen LogP contribution in [0.3, 0.4) is 0 Å². The number of hydrogen-bond acceptors (Lipinski definition) is 5. The Labute approximate surface area is 158 Å². The molecule has 4 heterocycles. The van der Waals surface area contributed by atoms with Crippen molar-refractivity contribution in [2.24, 2.45) is 0 Å². The number of ether oxygens (including phenoxy) is 2. The van der Waals surface area contributed by atoms with Crippen LogP contribution < -0.4 is 9.47 Å². The smallest absolute Gasteiger partial charge is 0.161 e. The molecule has 2 aromatic heterocycles. The van der Waals surface area contributed by atoms with E-state index in [4.69, 9.17) is 9.47 Å². The Morgan fingerprint density at radius 2 is 2.00 bits per heavy atom. The lowest BCUT2D eigenvalue weighted by Gasteiger charge is -2.26. The van der Waals surface area contributed by atoms with Crippen LogP contribution in [0.5, 0.6) is 11.5 Å². The van der Waals surface area contributed by atoms with Gasteiger partial charge in [0, 0.05) is 25.0 Å². The molecule has 138 valence electrons. The maximum atomic E-state index is 5.76. The van der Waals surface area contributed by atoms with Gasteiger partial charge in [-0.1, -0.05) is 6.07 Å². The molecule has 0 radical (unpaired) electrons. The minimum Gasteiger partial charge on any atom is -0.486 e. The average Bonchev–Trinajstić information content (AvgIpc) is 3.40. The molecule has 5 rings (SSSR count). The van der Waals surface area contributed by atoms with Crippen LogP contribution in [0, 0.1) is 0 Å². The van der Waals surface area contributed by atoms with Gasteiger partial charge in [0.2, 0.25) is 0 Å². The van der Waals surface area contributed by atoms with Gasteiger partial charge in [-0.2, -0.15) is 5.10 Å². The molecule has 1 saturated heterocycles. The lowest BCUT2D eigenvalue weighted by molar-refractivity contribution is 0.170. The van der Waals surface area contributed by atoms with E-state index in [0.29, 0.717) is 19.3 Å². The third-order valence-electron chi connectivity index (χ3n) is 5.26. The number of nitrogens with zero attached hydrogens (tertiary/aromatic N) is 4. The van der Waals surface area contributed by atoms with Crippen molar-refractivity contribution in [1.29, 1.82) is 0 Å². The van der Waals surface area contributed by atoms with Gasteiger partial charge in [0.1, 0.15) is 13.2 Å². The number of fused-ring (bicyclic) bond motifs is 1. The van der Waals surface area contributed by atoms with E-state index >= 15 is 0 Å². The lowest BCUT2D eigenvalue weighted by Crippen LogP contribution is -2.23. The van der Waals surface area contributed by atoms with Gasteiger partial charge in [0.15, 0.2) is 11.5 Å². The van der Waals surface area contributed by atoms with E-state index in [2.05, 4.69) is 39.2 Å². The summed E-state index contributed by atoms with van der Waals surface area (Å²) in [5, 5.41) is 4.25. The highest BCUT2D eigenvalue weighted by Gasteiger charge is 2.27. The van der Waals surface area contributed by atoms with Crippen LogP contribution in [0.1, 0.15) is 30.1 Å². The Morgan fingerprint density at radius 3 is 2.81 bits per heavy atom. The number of hydrogen-bond donors (Lipinski definition) is 0. The van der Waals surface area contributed by atoms with Crippen molar-refractivity contribution in [3.8, 4) is 17.2 Å². The second-order valence-electron chi connectivity index (χ2n) is 6.99. The van der Waals surface area contributed by atoms with Crippen molar-refractivity contribution in [3.05, 3.63) is 66.2 Å². The van der Waals surface area contributed by atoms with Crippen LogP contribution in [0.4, 0.5) is 0 Å². The summed E-state index contributed by atoms with van der Waals surface area (Å²) < 4.78 is 13.2. The standard InChI is InChI=1S/C21H22N4O2/c1-3-19(16-4-7-20-21(13-16)27-12-11-26-20)24(9-1)15-17-5-6-18(14-22-17)25-10-2-8-23-25/h2,4-8,10,13-14,19H,1,3,9,11-12,15H2. The van der Waals surface area contributed by atoms with Crippen LogP contribution in [0.15, 0.2) is 55.0 Å². The third-order valence-corrected chi connectivity index (χ3v) is 5.26. The predicted molar refractivity (Wildman–Crippen MR) is 101 cm³/mol. The minimum atomic E-state index is 0.397. The molecule has 0 amide bonds. The summed E-state index contributed by atoms with van der Waals surface area (Å²) in [6.45, 7) is 3.18. The molecule has 27 heavy (non-hydrogen) atoms. The quantitative estimate of drug-likeness (QED) is 0.712. The van der Waals surface area contributed by atoms with E-state index in [1.54, 1.807) is 6.20 Å². The van der Waals surface area contributed by atoms with E-state index in [1.165, 1.54) is 12.0 Å². The predicted octanol–water partition coefficient (Wildman–Crippen LogP) is 3.38. The molecule has 1 atom stereocenters. The monoisotopic (exact) mass is 362 g/mol. The van der Waals surface area contributed by atoms with Crippen LogP contribution in [0.2, 0.25) is 0 Å². The van der Waals surface area contributed by atoms with E-state index in [-0.39, 0.29) is 0 Å². The Kier molecular flexibility index (Phi) is 4.26. The maximum Gasteiger partial charge on any atom is 0.161 e. The average molecular weight is 362 g/mol. The highest BCUT2D eigenvalue weighted by Crippen LogP contribution is 2.38. The van der Waals surface area contributed by atoms with E-state index in [1.807, 2.05) is 29.2 Å². The van der Waals surface area contributed by atoms with Crippen molar-refractivity contribution in [3.63, 3.8) is 0 Å². The molecule has 3 aromatic rings. The lowest BCUT2D eigenvalue weighted by atomic mass is 10.0. The normalized spacial score (nSPS) is 19.3. The van der Waals surface area contributed by atoms with Gasteiger partial charge in [-0.05, 0) is 55.3 Å². The Bertz CT molecular complexity index is 908. The summed E-state index contributed by atoms with van der Waals surface area (Å²) in [6.07, 6.45) is 7.94. The van der Waals surface area contributed by atoms with Crippen LogP contribution in [0.25, 0.3) is 5.69 Å². The maximum absolute atomic E-state index is 5.76. The molecule has 0 N–H and O–H groups in total. The number of pyridine rings is 1. The van der Waals surface area contributed by atoms with E-state index < -0.39 is 0 Å². The SMILES string of the molecule is c1cnn(-c2ccc(CN3CCCC3c3ccc4c(c3)OCCO4)nc2)c1. The summed E-state index contributed by atoms with van der Waals surface area (Å²) in [5.74, 6) is 1.72.